The van der Waals surface area contributed by atoms with E-state index in [9.17, 15) is 4.79 Å². The van der Waals surface area contributed by atoms with Gasteiger partial charge < -0.3 is 0 Å². The van der Waals surface area contributed by atoms with Gasteiger partial charge in [0, 0.05) is 5.57 Å². The minimum absolute atomic E-state index is 0.0658. The van der Waals surface area contributed by atoms with Crippen molar-refractivity contribution in [2.45, 2.75) is 6.92 Å². The van der Waals surface area contributed by atoms with Crippen molar-refractivity contribution in [2.75, 3.05) is 0 Å². The fourth-order valence-corrected chi connectivity index (χ4v) is 3.17. The maximum Gasteiger partial charge on any atom is 0.186 e. The summed E-state index contributed by atoms with van der Waals surface area (Å²) in [7, 11) is 0. The number of carbonyl (C=O) groups excluding carboxylic acids is 1. The molecule has 0 amide bonds. The van der Waals surface area contributed by atoms with Gasteiger partial charge in [-0.3, -0.25) is 4.79 Å². The minimum Gasteiger partial charge on any atom is -0.289 e. The number of benzene rings is 3. The predicted octanol–water partition coefficient (Wildman–Crippen LogP) is 5.28. The number of aryl methyl sites for hydroxylation is 1. The van der Waals surface area contributed by atoms with Crippen LogP contribution in [-0.4, -0.2) is 5.78 Å². The number of fused-ring (bicyclic) bond motifs is 2. The van der Waals surface area contributed by atoms with Crippen molar-refractivity contribution in [3.05, 3.63) is 89.0 Å². The molecule has 0 N–H and O–H groups in total. The molecule has 3 aromatic rings. The van der Waals surface area contributed by atoms with Crippen LogP contribution in [0.2, 0.25) is 0 Å². The lowest BCUT2D eigenvalue weighted by atomic mass is 9.88. The molecule has 23 heavy (non-hydrogen) atoms. The number of hydrogen-bond acceptors (Lipinski definition) is 1. The van der Waals surface area contributed by atoms with E-state index in [0.717, 1.165) is 22.3 Å². The molecule has 0 heterocycles. The van der Waals surface area contributed by atoms with E-state index in [1.54, 1.807) is 6.08 Å². The molecule has 4 rings (SSSR count). The van der Waals surface area contributed by atoms with Gasteiger partial charge in [-0.15, -0.1) is 0 Å². The molecule has 0 saturated heterocycles. The molecular weight excluding hydrogens is 280 g/mol. The number of ketones is 1. The molecule has 1 aliphatic carbocycles. The molecule has 0 saturated carbocycles. The molecule has 1 aliphatic rings. The van der Waals surface area contributed by atoms with Crippen LogP contribution in [0.3, 0.4) is 0 Å². The summed E-state index contributed by atoms with van der Waals surface area (Å²) in [6, 6.07) is 20.6. The number of hydrogen-bond donors (Lipinski definition) is 0. The third-order valence-corrected chi connectivity index (χ3v) is 4.41. The third-order valence-electron chi connectivity index (χ3n) is 4.41. The first kappa shape index (κ1) is 13.7. The highest BCUT2D eigenvalue weighted by Crippen LogP contribution is 2.31. The molecule has 0 aromatic heterocycles. The van der Waals surface area contributed by atoms with Crippen LogP contribution in [0.5, 0.6) is 0 Å². The van der Waals surface area contributed by atoms with Gasteiger partial charge >= 0.3 is 0 Å². The number of allylic oxidation sites excluding steroid dienone is 2. The Bertz CT molecular complexity index is 990. The largest absolute Gasteiger partial charge is 0.289 e. The number of rotatable bonds is 1. The van der Waals surface area contributed by atoms with E-state index in [4.69, 9.17) is 0 Å². The van der Waals surface area contributed by atoms with E-state index < -0.39 is 0 Å². The molecule has 110 valence electrons. The molecule has 0 spiro atoms. The number of carbonyl (C=O) groups is 1. The Balaban J connectivity index is 2.00. The van der Waals surface area contributed by atoms with Gasteiger partial charge in [-0.05, 0) is 52.1 Å². The summed E-state index contributed by atoms with van der Waals surface area (Å²) in [4.78, 5) is 12.5. The molecule has 1 nitrogen and oxygen atoms in total. The monoisotopic (exact) mass is 296 g/mol. The van der Waals surface area contributed by atoms with Gasteiger partial charge in [-0.2, -0.15) is 0 Å². The summed E-state index contributed by atoms with van der Waals surface area (Å²) in [6.45, 7) is 2.09. The van der Waals surface area contributed by atoms with Crippen molar-refractivity contribution in [3.8, 4) is 0 Å². The molecule has 3 aromatic carbocycles. The van der Waals surface area contributed by atoms with Crippen LogP contribution in [0.4, 0.5) is 0 Å². The Morgan fingerprint density at radius 1 is 0.826 bits per heavy atom. The second kappa shape index (κ2) is 5.36. The zero-order valence-electron chi connectivity index (χ0n) is 12.9. The Morgan fingerprint density at radius 2 is 1.61 bits per heavy atom. The highest BCUT2D eigenvalue weighted by Gasteiger charge is 2.17. The maximum atomic E-state index is 12.5. The van der Waals surface area contributed by atoms with Gasteiger partial charge in [-0.25, -0.2) is 0 Å². The Labute approximate surface area is 135 Å². The summed E-state index contributed by atoms with van der Waals surface area (Å²) >= 11 is 0. The summed E-state index contributed by atoms with van der Waals surface area (Å²) < 4.78 is 0. The van der Waals surface area contributed by atoms with E-state index in [1.165, 1.54) is 16.3 Å². The molecule has 0 fully saturated rings. The van der Waals surface area contributed by atoms with Gasteiger partial charge in [0.15, 0.2) is 5.78 Å². The average Bonchev–Trinajstić information content (AvgIpc) is 2.59. The summed E-state index contributed by atoms with van der Waals surface area (Å²) in [6.07, 6.45) is 5.60. The van der Waals surface area contributed by atoms with Crippen LogP contribution in [0, 0.1) is 6.92 Å². The van der Waals surface area contributed by atoms with Crippen molar-refractivity contribution in [2.24, 2.45) is 0 Å². The summed E-state index contributed by atoms with van der Waals surface area (Å²) in [5.74, 6) is 0.0658. The zero-order valence-corrected chi connectivity index (χ0v) is 12.9. The average molecular weight is 296 g/mol. The third kappa shape index (κ3) is 2.31. The molecular formula is C22H16O. The molecule has 0 bridgehead atoms. The Hall–Kier alpha value is -2.93. The van der Waals surface area contributed by atoms with Gasteiger partial charge in [0.25, 0.3) is 0 Å². The van der Waals surface area contributed by atoms with Crippen molar-refractivity contribution in [1.29, 1.82) is 0 Å². The van der Waals surface area contributed by atoms with Crippen LogP contribution < -0.4 is 0 Å². The zero-order chi connectivity index (χ0) is 15.8. The summed E-state index contributed by atoms with van der Waals surface area (Å²) in [5, 5.41) is 2.37. The molecule has 0 radical (unpaired) electrons. The van der Waals surface area contributed by atoms with Crippen LogP contribution >= 0.6 is 0 Å². The highest BCUT2D eigenvalue weighted by molar-refractivity contribution is 6.33. The smallest absolute Gasteiger partial charge is 0.186 e. The van der Waals surface area contributed by atoms with Crippen molar-refractivity contribution >= 4 is 34.3 Å². The highest BCUT2D eigenvalue weighted by atomic mass is 16.1. The lowest BCUT2D eigenvalue weighted by Crippen LogP contribution is -2.04. The van der Waals surface area contributed by atoms with Crippen LogP contribution in [0.25, 0.3) is 28.5 Å². The molecule has 0 unspecified atom stereocenters. The first-order valence-corrected chi connectivity index (χ1v) is 7.76. The van der Waals surface area contributed by atoms with Gasteiger partial charge in [0.2, 0.25) is 0 Å². The van der Waals surface area contributed by atoms with E-state index >= 15 is 0 Å². The second-order valence-electron chi connectivity index (χ2n) is 5.86. The van der Waals surface area contributed by atoms with E-state index in [-0.39, 0.29) is 5.78 Å². The van der Waals surface area contributed by atoms with E-state index in [0.29, 0.717) is 0 Å². The molecule has 0 aliphatic heterocycles. The van der Waals surface area contributed by atoms with Crippen molar-refractivity contribution < 1.29 is 4.79 Å². The SMILES string of the molecule is Cc1ccc2ccccc2c1/C=C1\C(=O)C=Cc2ccccc21. The predicted molar refractivity (Wildman–Crippen MR) is 97.0 cm³/mol. The lowest BCUT2D eigenvalue weighted by Gasteiger charge is -2.14. The Morgan fingerprint density at radius 3 is 2.52 bits per heavy atom. The van der Waals surface area contributed by atoms with Crippen LogP contribution in [0.1, 0.15) is 22.3 Å². The van der Waals surface area contributed by atoms with Crippen LogP contribution in [-0.2, 0) is 4.79 Å². The van der Waals surface area contributed by atoms with Crippen molar-refractivity contribution in [3.63, 3.8) is 0 Å². The maximum absolute atomic E-state index is 12.5. The van der Waals surface area contributed by atoms with E-state index in [1.807, 2.05) is 48.6 Å². The quantitative estimate of drug-likeness (QED) is 0.558. The second-order valence-corrected chi connectivity index (χ2v) is 5.86. The van der Waals surface area contributed by atoms with Crippen LogP contribution in [0.15, 0.2) is 66.7 Å². The van der Waals surface area contributed by atoms with E-state index in [2.05, 4.69) is 31.2 Å². The van der Waals surface area contributed by atoms with Gasteiger partial charge in [0.1, 0.15) is 0 Å². The molecule has 0 atom stereocenters. The fourth-order valence-electron chi connectivity index (χ4n) is 3.17. The summed E-state index contributed by atoms with van der Waals surface area (Å²) in [5.41, 5.74) is 5.17. The lowest BCUT2D eigenvalue weighted by molar-refractivity contribution is -0.109. The van der Waals surface area contributed by atoms with Gasteiger partial charge in [-0.1, -0.05) is 66.7 Å². The normalized spacial score (nSPS) is 15.2. The topological polar surface area (TPSA) is 17.1 Å². The fraction of sp³-hybridized carbons (Fsp3) is 0.0455. The van der Waals surface area contributed by atoms with Crippen molar-refractivity contribution in [1.82, 2.24) is 0 Å². The molecule has 1 heteroatoms. The first-order chi connectivity index (χ1) is 11.2. The van der Waals surface area contributed by atoms with Gasteiger partial charge in [0.05, 0.1) is 0 Å². The standard InChI is InChI=1S/C22H16O/c1-15-10-11-16-6-2-4-8-18(16)20(15)14-21-19-9-5-3-7-17(19)12-13-22(21)23/h2-14H,1H3/b21-14-. The minimum atomic E-state index is 0.0658. The first-order valence-electron chi connectivity index (χ1n) is 7.76. The Kier molecular flexibility index (Phi) is 3.20.